The van der Waals surface area contributed by atoms with Gasteiger partial charge in [-0.25, -0.2) is 0 Å². The van der Waals surface area contributed by atoms with E-state index in [2.05, 4.69) is 45.0 Å². The van der Waals surface area contributed by atoms with Crippen LogP contribution in [0.4, 0.5) is 0 Å². The molecule has 27 heavy (non-hydrogen) atoms. The number of hydrogen-bond acceptors (Lipinski definition) is 2. The van der Waals surface area contributed by atoms with Gasteiger partial charge < -0.3 is 9.47 Å². The molecule has 0 spiro atoms. The lowest BCUT2D eigenvalue weighted by Gasteiger charge is -2.38. The molecule has 0 unspecified atom stereocenters. The van der Waals surface area contributed by atoms with Gasteiger partial charge in [0.25, 0.3) is 0 Å². The zero-order valence-electron chi connectivity index (χ0n) is 17.8. The van der Waals surface area contributed by atoms with Crippen LogP contribution in [-0.2, 0) is 9.47 Å². The highest BCUT2D eigenvalue weighted by Gasteiger charge is 2.32. The molecule has 0 radical (unpaired) electrons. The third kappa shape index (κ3) is 6.32. The molecule has 152 valence electrons. The van der Waals surface area contributed by atoms with Crippen molar-refractivity contribution < 1.29 is 9.47 Å². The van der Waals surface area contributed by atoms with Crippen molar-refractivity contribution in [2.24, 2.45) is 17.8 Å². The molecule has 1 atom stereocenters. The van der Waals surface area contributed by atoms with Crippen molar-refractivity contribution in [1.82, 2.24) is 0 Å². The van der Waals surface area contributed by atoms with Gasteiger partial charge in [-0.15, -0.1) is 0 Å². The minimum Gasteiger partial charge on any atom is -0.352 e. The van der Waals surface area contributed by atoms with Gasteiger partial charge in [0, 0.05) is 11.8 Å². The summed E-state index contributed by atoms with van der Waals surface area (Å²) in [6.07, 6.45) is 12.2. The molecule has 0 amide bonds. The van der Waals surface area contributed by atoms with Crippen LogP contribution in [-0.4, -0.2) is 19.5 Å². The van der Waals surface area contributed by atoms with Crippen molar-refractivity contribution in [3.63, 3.8) is 0 Å². The molecular formula is C25H40O2. The van der Waals surface area contributed by atoms with E-state index in [-0.39, 0.29) is 6.29 Å². The van der Waals surface area contributed by atoms with E-state index < -0.39 is 0 Å². The van der Waals surface area contributed by atoms with Crippen LogP contribution in [0.2, 0.25) is 0 Å². The van der Waals surface area contributed by atoms with Gasteiger partial charge in [0.2, 0.25) is 0 Å². The van der Waals surface area contributed by atoms with Gasteiger partial charge in [-0.3, -0.25) is 0 Å². The van der Waals surface area contributed by atoms with E-state index >= 15 is 0 Å². The lowest BCUT2D eigenvalue weighted by atomic mass is 9.79. The molecule has 1 aliphatic carbocycles. The van der Waals surface area contributed by atoms with Crippen molar-refractivity contribution >= 4 is 0 Å². The zero-order chi connectivity index (χ0) is 19.1. The monoisotopic (exact) mass is 372 g/mol. The number of aryl methyl sites for hydroxylation is 1. The number of ether oxygens (including phenoxy) is 2. The SMILES string of the molecule is CCCCCC1CCC(C2OCC(C[C@@H](C)c3ccc(C)cc3)CO2)CC1. The Labute approximate surface area is 167 Å². The van der Waals surface area contributed by atoms with E-state index in [4.69, 9.17) is 9.47 Å². The van der Waals surface area contributed by atoms with Gasteiger partial charge in [0.05, 0.1) is 13.2 Å². The lowest BCUT2D eigenvalue weighted by Crippen LogP contribution is -2.38. The predicted molar refractivity (Wildman–Crippen MR) is 113 cm³/mol. The first kappa shape index (κ1) is 20.9. The van der Waals surface area contributed by atoms with Crippen molar-refractivity contribution in [2.75, 3.05) is 13.2 Å². The smallest absolute Gasteiger partial charge is 0.160 e. The van der Waals surface area contributed by atoms with Gasteiger partial charge in [-0.05, 0) is 56.4 Å². The van der Waals surface area contributed by atoms with Crippen molar-refractivity contribution in [1.29, 1.82) is 0 Å². The minimum absolute atomic E-state index is 0.0625. The van der Waals surface area contributed by atoms with Crippen LogP contribution in [0.3, 0.4) is 0 Å². The summed E-state index contributed by atoms with van der Waals surface area (Å²) >= 11 is 0. The molecule has 2 nitrogen and oxygen atoms in total. The van der Waals surface area contributed by atoms with Gasteiger partial charge in [-0.2, -0.15) is 0 Å². The Bertz CT molecular complexity index is 522. The molecule has 3 rings (SSSR count). The number of unbranched alkanes of at least 4 members (excludes halogenated alkanes) is 2. The Morgan fingerprint density at radius 3 is 2.22 bits per heavy atom. The highest BCUT2D eigenvalue weighted by atomic mass is 16.7. The molecule has 1 saturated carbocycles. The summed E-state index contributed by atoms with van der Waals surface area (Å²) in [6.45, 7) is 8.52. The Morgan fingerprint density at radius 1 is 0.926 bits per heavy atom. The largest absolute Gasteiger partial charge is 0.352 e. The van der Waals surface area contributed by atoms with Crippen LogP contribution in [0.15, 0.2) is 24.3 Å². The van der Waals surface area contributed by atoms with Crippen LogP contribution in [0.25, 0.3) is 0 Å². The first-order valence-electron chi connectivity index (χ1n) is 11.5. The normalized spacial score (nSPS) is 30.2. The fourth-order valence-electron chi connectivity index (χ4n) is 4.93. The van der Waals surface area contributed by atoms with E-state index in [0.717, 1.165) is 25.6 Å². The highest BCUT2D eigenvalue weighted by molar-refractivity contribution is 5.24. The topological polar surface area (TPSA) is 18.5 Å². The summed E-state index contributed by atoms with van der Waals surface area (Å²) < 4.78 is 12.4. The zero-order valence-corrected chi connectivity index (χ0v) is 17.8. The molecule has 2 fully saturated rings. The molecule has 0 aromatic heterocycles. The minimum atomic E-state index is 0.0625. The van der Waals surface area contributed by atoms with Crippen LogP contribution in [0, 0.1) is 24.7 Å². The molecular weight excluding hydrogens is 332 g/mol. The molecule has 1 saturated heterocycles. The molecule has 1 heterocycles. The molecule has 1 aliphatic heterocycles. The van der Waals surface area contributed by atoms with Gasteiger partial charge in [-0.1, -0.05) is 69.4 Å². The molecule has 2 aliphatic rings. The molecule has 0 bridgehead atoms. The van der Waals surface area contributed by atoms with Crippen LogP contribution in [0.5, 0.6) is 0 Å². The fourth-order valence-corrected chi connectivity index (χ4v) is 4.93. The third-order valence-electron chi connectivity index (χ3n) is 6.82. The average Bonchev–Trinajstić information content (AvgIpc) is 2.70. The second-order valence-corrected chi connectivity index (χ2v) is 9.23. The molecule has 1 aromatic rings. The second kappa shape index (κ2) is 10.6. The Kier molecular flexibility index (Phi) is 8.21. The van der Waals surface area contributed by atoms with Crippen LogP contribution < -0.4 is 0 Å². The lowest BCUT2D eigenvalue weighted by molar-refractivity contribution is -0.230. The van der Waals surface area contributed by atoms with E-state index in [1.54, 1.807) is 0 Å². The molecule has 1 aromatic carbocycles. The number of hydrogen-bond donors (Lipinski definition) is 0. The summed E-state index contributed by atoms with van der Waals surface area (Å²) in [5.74, 6) is 2.68. The maximum absolute atomic E-state index is 6.20. The van der Waals surface area contributed by atoms with E-state index in [1.807, 2.05) is 0 Å². The quantitative estimate of drug-likeness (QED) is 0.464. The maximum atomic E-state index is 6.20. The van der Waals surface area contributed by atoms with E-state index in [9.17, 15) is 0 Å². The summed E-state index contributed by atoms with van der Waals surface area (Å²) in [6, 6.07) is 8.97. The number of rotatable bonds is 8. The first-order chi connectivity index (χ1) is 13.2. The van der Waals surface area contributed by atoms with Crippen molar-refractivity contribution in [2.45, 2.75) is 90.8 Å². The maximum Gasteiger partial charge on any atom is 0.160 e. The Morgan fingerprint density at radius 2 is 1.59 bits per heavy atom. The van der Waals surface area contributed by atoms with Crippen molar-refractivity contribution in [3.8, 4) is 0 Å². The van der Waals surface area contributed by atoms with Crippen LogP contribution in [0.1, 0.15) is 88.7 Å². The standard InChI is InChI=1S/C25H40O2/c1-4-5-6-7-21-10-14-24(15-11-21)25-26-17-22(18-27-25)16-20(3)23-12-8-19(2)9-13-23/h8-9,12-13,20-22,24-25H,4-7,10-11,14-18H2,1-3H3/t20-,21?,22?,24?,25?/m1/s1. The van der Waals surface area contributed by atoms with Crippen LogP contribution >= 0.6 is 0 Å². The molecule has 2 heteroatoms. The summed E-state index contributed by atoms with van der Waals surface area (Å²) in [7, 11) is 0. The Hall–Kier alpha value is -0.860. The van der Waals surface area contributed by atoms with E-state index in [0.29, 0.717) is 17.8 Å². The predicted octanol–water partition coefficient (Wildman–Crippen LogP) is 6.86. The van der Waals surface area contributed by atoms with Gasteiger partial charge in [0.15, 0.2) is 6.29 Å². The number of benzene rings is 1. The van der Waals surface area contributed by atoms with Crippen molar-refractivity contribution in [3.05, 3.63) is 35.4 Å². The fraction of sp³-hybridized carbons (Fsp3) is 0.760. The highest BCUT2D eigenvalue weighted by Crippen LogP contribution is 2.37. The third-order valence-corrected chi connectivity index (χ3v) is 6.82. The second-order valence-electron chi connectivity index (χ2n) is 9.23. The van der Waals surface area contributed by atoms with Gasteiger partial charge >= 0.3 is 0 Å². The van der Waals surface area contributed by atoms with Gasteiger partial charge in [0.1, 0.15) is 0 Å². The average molecular weight is 373 g/mol. The van der Waals surface area contributed by atoms with E-state index in [1.165, 1.54) is 62.5 Å². The summed E-state index contributed by atoms with van der Waals surface area (Å²) in [5.41, 5.74) is 2.77. The summed E-state index contributed by atoms with van der Waals surface area (Å²) in [4.78, 5) is 0. The molecule has 0 N–H and O–H groups in total. The summed E-state index contributed by atoms with van der Waals surface area (Å²) in [5, 5.41) is 0. The first-order valence-corrected chi connectivity index (χ1v) is 11.5. The Balaban J connectivity index is 1.36.